The van der Waals surface area contributed by atoms with Crippen molar-refractivity contribution in [1.82, 2.24) is 4.31 Å². The third-order valence-electron chi connectivity index (χ3n) is 2.33. The van der Waals surface area contributed by atoms with Gasteiger partial charge in [0.1, 0.15) is 5.82 Å². The number of rotatable bonds is 7. The van der Waals surface area contributed by atoms with Crippen LogP contribution in [0.15, 0.2) is 29.2 Å². The molecule has 0 N–H and O–H groups in total. The molecule has 0 amide bonds. The quantitative estimate of drug-likeness (QED) is 0.719. The minimum absolute atomic E-state index is 0.0464. The van der Waals surface area contributed by atoms with E-state index < -0.39 is 15.8 Å². The number of benzene rings is 1. The molecule has 0 spiro atoms. The molecule has 0 aliphatic carbocycles. The van der Waals surface area contributed by atoms with E-state index in [9.17, 15) is 12.8 Å². The molecule has 0 heterocycles. The summed E-state index contributed by atoms with van der Waals surface area (Å²) in [7, 11) is -2.16. The number of ether oxygens (including phenoxy) is 1. The maximum Gasteiger partial charge on any atom is 0.243 e. The van der Waals surface area contributed by atoms with Gasteiger partial charge in [0.05, 0.1) is 11.5 Å². The third-order valence-corrected chi connectivity index (χ3v) is 4.41. The summed E-state index contributed by atoms with van der Waals surface area (Å²) in [5.74, 6) is -0.292. The van der Waals surface area contributed by atoms with Gasteiger partial charge in [-0.15, -0.1) is 11.6 Å². The van der Waals surface area contributed by atoms with Crippen molar-refractivity contribution in [1.29, 1.82) is 0 Å². The standard InChI is InChI=1S/C11H15ClFNO3S/c1-17-9-8-14(7-6-12)18(15,16)11-4-2-10(13)3-5-11/h2-5H,6-9H2,1H3. The Morgan fingerprint density at radius 2 is 1.89 bits per heavy atom. The lowest BCUT2D eigenvalue weighted by molar-refractivity contribution is 0.180. The van der Waals surface area contributed by atoms with E-state index >= 15 is 0 Å². The van der Waals surface area contributed by atoms with E-state index in [2.05, 4.69) is 0 Å². The van der Waals surface area contributed by atoms with Crippen LogP contribution in [0.25, 0.3) is 0 Å². The highest BCUT2D eigenvalue weighted by Gasteiger charge is 2.23. The number of hydrogen-bond donors (Lipinski definition) is 0. The molecule has 0 saturated carbocycles. The molecule has 7 heteroatoms. The van der Waals surface area contributed by atoms with Crippen molar-refractivity contribution in [3.8, 4) is 0 Å². The van der Waals surface area contributed by atoms with Crippen LogP contribution < -0.4 is 0 Å². The molecule has 4 nitrogen and oxygen atoms in total. The molecule has 18 heavy (non-hydrogen) atoms. The largest absolute Gasteiger partial charge is 0.383 e. The van der Waals surface area contributed by atoms with E-state index in [-0.39, 0.29) is 30.5 Å². The summed E-state index contributed by atoms with van der Waals surface area (Å²) >= 11 is 5.59. The maximum absolute atomic E-state index is 12.8. The minimum atomic E-state index is -3.65. The van der Waals surface area contributed by atoms with Gasteiger partial charge in [0.2, 0.25) is 10.0 Å². The van der Waals surface area contributed by atoms with Gasteiger partial charge in [0.25, 0.3) is 0 Å². The lowest BCUT2D eigenvalue weighted by Gasteiger charge is -2.20. The number of methoxy groups -OCH3 is 1. The van der Waals surface area contributed by atoms with Crippen molar-refractivity contribution >= 4 is 21.6 Å². The summed E-state index contributed by atoms with van der Waals surface area (Å²) in [6.45, 7) is 0.671. The third kappa shape index (κ3) is 3.91. The smallest absolute Gasteiger partial charge is 0.243 e. The predicted octanol–water partition coefficient (Wildman–Crippen LogP) is 1.70. The Labute approximate surface area is 111 Å². The fourth-order valence-electron chi connectivity index (χ4n) is 1.40. The molecule has 102 valence electrons. The van der Waals surface area contributed by atoms with Crippen LogP contribution in [0.5, 0.6) is 0 Å². The second-order valence-corrected chi connectivity index (χ2v) is 5.86. The first-order valence-corrected chi connectivity index (χ1v) is 7.30. The fraction of sp³-hybridized carbons (Fsp3) is 0.455. The molecule has 0 atom stereocenters. The van der Waals surface area contributed by atoms with Crippen molar-refractivity contribution in [2.45, 2.75) is 4.90 Å². The summed E-state index contributed by atoms with van der Waals surface area (Å²) in [5, 5.41) is 0. The van der Waals surface area contributed by atoms with Crippen molar-refractivity contribution in [3.63, 3.8) is 0 Å². The van der Waals surface area contributed by atoms with Crippen LogP contribution in [0.2, 0.25) is 0 Å². The van der Waals surface area contributed by atoms with Crippen LogP contribution in [0.1, 0.15) is 0 Å². The molecular weight excluding hydrogens is 281 g/mol. The Morgan fingerprint density at radius 3 is 2.39 bits per heavy atom. The van der Waals surface area contributed by atoms with Gasteiger partial charge >= 0.3 is 0 Å². The van der Waals surface area contributed by atoms with Gasteiger partial charge in [-0.1, -0.05) is 0 Å². The van der Waals surface area contributed by atoms with Crippen LogP contribution in [0.3, 0.4) is 0 Å². The molecule has 0 aliphatic heterocycles. The van der Waals surface area contributed by atoms with Gasteiger partial charge in [-0.05, 0) is 24.3 Å². The Kier molecular flexibility index (Phi) is 6.01. The highest BCUT2D eigenvalue weighted by molar-refractivity contribution is 7.89. The molecule has 0 fully saturated rings. The molecule has 0 bridgehead atoms. The zero-order valence-electron chi connectivity index (χ0n) is 9.97. The Hall–Kier alpha value is -0.690. The molecule has 0 saturated heterocycles. The lowest BCUT2D eigenvalue weighted by Crippen LogP contribution is -2.35. The summed E-state index contributed by atoms with van der Waals surface area (Å²) < 4.78 is 43.3. The van der Waals surface area contributed by atoms with Crippen LogP contribution in [0, 0.1) is 5.82 Å². The highest BCUT2D eigenvalue weighted by atomic mass is 35.5. The second kappa shape index (κ2) is 7.04. The molecule has 0 radical (unpaired) electrons. The summed E-state index contributed by atoms with van der Waals surface area (Å²) in [5.41, 5.74) is 0. The molecule has 1 aromatic carbocycles. The van der Waals surface area contributed by atoms with E-state index in [0.29, 0.717) is 0 Å². The van der Waals surface area contributed by atoms with Crippen molar-refractivity contribution in [3.05, 3.63) is 30.1 Å². The molecule has 0 unspecified atom stereocenters. The van der Waals surface area contributed by atoms with Gasteiger partial charge in [-0.3, -0.25) is 0 Å². The summed E-state index contributed by atoms with van der Waals surface area (Å²) in [6.07, 6.45) is 0. The average Bonchev–Trinajstić information content (AvgIpc) is 2.35. The van der Waals surface area contributed by atoms with E-state index in [4.69, 9.17) is 16.3 Å². The van der Waals surface area contributed by atoms with Gasteiger partial charge in [-0.2, -0.15) is 4.31 Å². The summed E-state index contributed by atoms with van der Waals surface area (Å²) in [6, 6.07) is 4.70. The molecule has 0 aliphatic rings. The number of hydrogen-bond acceptors (Lipinski definition) is 3. The zero-order chi connectivity index (χ0) is 13.6. The average molecular weight is 296 g/mol. The minimum Gasteiger partial charge on any atom is -0.383 e. The second-order valence-electron chi connectivity index (χ2n) is 3.54. The van der Waals surface area contributed by atoms with Gasteiger partial charge in [0, 0.05) is 26.1 Å². The number of halogens is 2. The highest BCUT2D eigenvalue weighted by Crippen LogP contribution is 2.16. The monoisotopic (exact) mass is 295 g/mol. The van der Waals surface area contributed by atoms with E-state index in [1.54, 1.807) is 0 Å². The lowest BCUT2D eigenvalue weighted by atomic mass is 10.4. The van der Waals surface area contributed by atoms with Gasteiger partial charge in [-0.25, -0.2) is 12.8 Å². The molecule has 1 rings (SSSR count). The topological polar surface area (TPSA) is 46.6 Å². The van der Waals surface area contributed by atoms with Crippen molar-refractivity contribution < 1.29 is 17.5 Å². The zero-order valence-corrected chi connectivity index (χ0v) is 11.5. The normalized spacial score (nSPS) is 12.0. The van der Waals surface area contributed by atoms with E-state index in [0.717, 1.165) is 12.1 Å². The maximum atomic E-state index is 12.8. The summed E-state index contributed by atoms with van der Waals surface area (Å²) in [4.78, 5) is 0.0464. The first-order chi connectivity index (χ1) is 8.52. The van der Waals surface area contributed by atoms with E-state index in [1.807, 2.05) is 0 Å². The SMILES string of the molecule is COCCN(CCCl)S(=O)(=O)c1ccc(F)cc1. The fourth-order valence-corrected chi connectivity index (χ4v) is 3.12. The van der Waals surface area contributed by atoms with Crippen LogP contribution >= 0.6 is 11.6 Å². The Bertz CT molecular complexity index is 464. The van der Waals surface area contributed by atoms with Crippen molar-refractivity contribution in [2.75, 3.05) is 32.7 Å². The number of alkyl halides is 1. The first kappa shape index (κ1) is 15.4. The first-order valence-electron chi connectivity index (χ1n) is 5.33. The van der Waals surface area contributed by atoms with Crippen LogP contribution in [-0.2, 0) is 14.8 Å². The van der Waals surface area contributed by atoms with Crippen LogP contribution in [0.4, 0.5) is 4.39 Å². The van der Waals surface area contributed by atoms with Crippen molar-refractivity contribution in [2.24, 2.45) is 0 Å². The van der Waals surface area contributed by atoms with Gasteiger partial charge in [0.15, 0.2) is 0 Å². The number of nitrogens with zero attached hydrogens (tertiary/aromatic N) is 1. The predicted molar refractivity (Wildman–Crippen MR) is 67.8 cm³/mol. The van der Waals surface area contributed by atoms with Crippen LogP contribution in [-0.4, -0.2) is 45.4 Å². The Balaban J connectivity index is 2.96. The Morgan fingerprint density at radius 1 is 1.28 bits per heavy atom. The molecule has 1 aromatic rings. The molecule has 0 aromatic heterocycles. The molecular formula is C11H15ClFNO3S. The van der Waals surface area contributed by atoms with Gasteiger partial charge < -0.3 is 4.74 Å². The number of sulfonamides is 1. The van der Waals surface area contributed by atoms with E-state index in [1.165, 1.54) is 23.5 Å².